The number of ether oxygens (including phenoxy) is 1. The van der Waals surface area contributed by atoms with E-state index in [1.807, 2.05) is 13.8 Å². The number of carbonyl (C=O) groups is 3. The summed E-state index contributed by atoms with van der Waals surface area (Å²) in [6, 6.07) is 9.30. The summed E-state index contributed by atoms with van der Waals surface area (Å²) >= 11 is 7.91. The lowest BCUT2D eigenvalue weighted by atomic mass is 10.1. The van der Waals surface area contributed by atoms with Gasteiger partial charge >= 0.3 is 5.97 Å². The molecule has 4 aromatic rings. The number of anilines is 1. The van der Waals surface area contributed by atoms with Crippen LogP contribution in [-0.2, 0) is 27.2 Å². The van der Waals surface area contributed by atoms with Crippen LogP contribution in [0.3, 0.4) is 0 Å². The van der Waals surface area contributed by atoms with Crippen molar-refractivity contribution in [3.8, 4) is 0 Å². The molecule has 4 atom stereocenters. The molecule has 46 heavy (non-hydrogen) atoms. The second-order valence-electron chi connectivity index (χ2n) is 11.9. The van der Waals surface area contributed by atoms with Gasteiger partial charge in [-0.15, -0.1) is 11.3 Å². The van der Waals surface area contributed by atoms with Crippen LogP contribution in [0.15, 0.2) is 53.3 Å². The molecule has 2 fully saturated rings. The second-order valence-corrected chi connectivity index (χ2v) is 13.5. The Labute approximate surface area is 274 Å². The standard InChI is InChI=1S/C33H34ClFN4O6S/c1-18-14-38(15-19(2)45-18)21-11-28(33-36-13-22(46-33)7-8-31(41)42)39(16-21)30(40)10-20-9-25(34)27(12-26(20)35)37-32(43)24-17-44-29-6-4-3-5-23(24)29/h3-6,9,12-13,17-19,21,28H,7-8,10-11,14-16H2,1-2H3,(H,37,43)(H,41,42)/t18-,19+,21-,28-/m0/s1. The van der Waals surface area contributed by atoms with Gasteiger partial charge in [-0.05, 0) is 50.5 Å². The summed E-state index contributed by atoms with van der Waals surface area (Å²) in [5.41, 5.74) is 1.03. The number of morpholine rings is 1. The molecule has 2 amide bonds. The first-order valence-electron chi connectivity index (χ1n) is 15.2. The fourth-order valence-corrected chi connectivity index (χ4v) is 7.63. The van der Waals surface area contributed by atoms with Crippen molar-refractivity contribution < 1.29 is 33.0 Å². The molecule has 2 aliphatic rings. The summed E-state index contributed by atoms with van der Waals surface area (Å²) in [4.78, 5) is 47.5. The number of hydrogen-bond donors (Lipinski definition) is 2. The first-order valence-corrected chi connectivity index (χ1v) is 16.4. The summed E-state index contributed by atoms with van der Waals surface area (Å²) in [6.45, 7) is 5.97. The Bertz CT molecular complexity index is 1770. The van der Waals surface area contributed by atoms with E-state index in [-0.39, 0.29) is 59.3 Å². The van der Waals surface area contributed by atoms with E-state index in [0.717, 1.165) is 29.0 Å². The number of fused-ring (bicyclic) bond motifs is 1. The summed E-state index contributed by atoms with van der Waals surface area (Å²) in [5.74, 6) is -2.33. The third-order valence-corrected chi connectivity index (χ3v) is 9.93. The average Bonchev–Trinajstić information content (AvgIpc) is 3.76. The molecule has 0 aliphatic carbocycles. The average molecular weight is 669 g/mol. The lowest BCUT2D eigenvalue weighted by Gasteiger charge is -2.38. The van der Waals surface area contributed by atoms with Crippen LogP contribution in [0.25, 0.3) is 11.0 Å². The number of carboxylic acids is 1. The van der Waals surface area contributed by atoms with Gasteiger partial charge in [-0.25, -0.2) is 9.37 Å². The smallest absolute Gasteiger partial charge is 0.303 e. The number of rotatable bonds is 9. The molecular formula is C33H34ClFN4O6S. The predicted molar refractivity (Wildman–Crippen MR) is 172 cm³/mol. The van der Waals surface area contributed by atoms with Crippen LogP contribution < -0.4 is 5.32 Å². The first kappa shape index (κ1) is 32.1. The van der Waals surface area contributed by atoms with Crippen molar-refractivity contribution in [1.82, 2.24) is 14.8 Å². The van der Waals surface area contributed by atoms with Crippen LogP contribution in [0.2, 0.25) is 5.02 Å². The number of halogens is 2. The van der Waals surface area contributed by atoms with Crippen LogP contribution >= 0.6 is 22.9 Å². The van der Waals surface area contributed by atoms with E-state index < -0.39 is 17.7 Å². The van der Waals surface area contributed by atoms with Gasteiger partial charge in [0.2, 0.25) is 5.91 Å². The maximum absolute atomic E-state index is 15.5. The zero-order valence-corrected chi connectivity index (χ0v) is 26.9. The van der Waals surface area contributed by atoms with Crippen LogP contribution in [0.1, 0.15) is 58.5 Å². The zero-order chi connectivity index (χ0) is 32.5. The van der Waals surface area contributed by atoms with Gasteiger partial charge in [-0.2, -0.15) is 0 Å². The van der Waals surface area contributed by atoms with Gasteiger partial charge in [0, 0.05) is 42.1 Å². The lowest BCUT2D eigenvalue weighted by Crippen LogP contribution is -2.51. The summed E-state index contributed by atoms with van der Waals surface area (Å²) < 4.78 is 26.8. The fourth-order valence-electron chi connectivity index (χ4n) is 6.35. The molecule has 2 saturated heterocycles. The number of para-hydroxylation sites is 1. The van der Waals surface area contributed by atoms with Gasteiger partial charge in [-0.1, -0.05) is 29.8 Å². The Hall–Kier alpha value is -3.84. The van der Waals surface area contributed by atoms with Gasteiger partial charge in [0.05, 0.1) is 47.4 Å². The molecular weight excluding hydrogens is 635 g/mol. The Morgan fingerprint density at radius 1 is 1.15 bits per heavy atom. The molecule has 0 unspecified atom stereocenters. The fraction of sp³-hybridized carbons (Fsp3) is 0.394. The molecule has 2 aromatic carbocycles. The number of benzene rings is 2. The van der Waals surface area contributed by atoms with Crippen LogP contribution in [0.5, 0.6) is 0 Å². The van der Waals surface area contributed by atoms with Crippen LogP contribution in [-0.4, -0.2) is 75.6 Å². The van der Waals surface area contributed by atoms with Crippen molar-refractivity contribution in [3.63, 3.8) is 0 Å². The van der Waals surface area contributed by atoms with Gasteiger partial charge in [0.25, 0.3) is 5.91 Å². The number of thiazole rings is 1. The molecule has 242 valence electrons. The quantitative estimate of drug-likeness (QED) is 0.224. The number of hydrogen-bond acceptors (Lipinski definition) is 8. The molecule has 6 rings (SSSR count). The molecule has 2 aromatic heterocycles. The summed E-state index contributed by atoms with van der Waals surface area (Å²) in [5, 5.41) is 13.2. The maximum Gasteiger partial charge on any atom is 0.303 e. The molecule has 2 aliphatic heterocycles. The number of aromatic nitrogens is 1. The Morgan fingerprint density at radius 3 is 2.67 bits per heavy atom. The number of carboxylic acid groups (broad SMARTS) is 1. The zero-order valence-electron chi connectivity index (χ0n) is 25.4. The van der Waals surface area contributed by atoms with E-state index in [2.05, 4.69) is 15.2 Å². The number of furan rings is 1. The summed E-state index contributed by atoms with van der Waals surface area (Å²) in [7, 11) is 0. The molecule has 0 bridgehead atoms. The van der Waals surface area contributed by atoms with Crippen molar-refractivity contribution in [2.45, 2.75) is 63.8 Å². The molecule has 10 nitrogen and oxygen atoms in total. The molecule has 13 heteroatoms. The van der Waals surface area contributed by atoms with Crippen LogP contribution in [0, 0.1) is 5.82 Å². The molecule has 0 spiro atoms. The number of amides is 2. The Morgan fingerprint density at radius 2 is 1.91 bits per heavy atom. The van der Waals surface area contributed by atoms with Gasteiger partial charge in [0.15, 0.2) is 0 Å². The first-order chi connectivity index (χ1) is 22.0. The topological polar surface area (TPSA) is 125 Å². The highest BCUT2D eigenvalue weighted by atomic mass is 35.5. The Kier molecular flexibility index (Phi) is 9.42. The molecule has 2 N–H and O–H groups in total. The van der Waals surface area contributed by atoms with E-state index in [9.17, 15) is 14.4 Å². The molecule has 0 saturated carbocycles. The highest BCUT2D eigenvalue weighted by Gasteiger charge is 2.42. The molecule has 4 heterocycles. The number of aryl methyl sites for hydroxylation is 1. The number of nitrogens with zero attached hydrogens (tertiary/aromatic N) is 3. The van der Waals surface area contributed by atoms with Gasteiger partial charge < -0.3 is 24.5 Å². The monoisotopic (exact) mass is 668 g/mol. The SMILES string of the molecule is C[C@@H]1CN([C@H]2C[C@@H](c3ncc(CCC(=O)O)s3)N(C(=O)Cc3cc(Cl)c(NC(=O)c4coc5ccccc45)cc3F)C2)C[C@H](C)O1. The van der Waals surface area contributed by atoms with E-state index in [0.29, 0.717) is 35.9 Å². The molecule has 0 radical (unpaired) electrons. The number of aliphatic carboxylic acids is 1. The van der Waals surface area contributed by atoms with Crippen molar-refractivity contribution in [1.29, 1.82) is 0 Å². The normalized spacial score (nSPS) is 22.0. The highest BCUT2D eigenvalue weighted by Crippen LogP contribution is 2.38. The van der Waals surface area contributed by atoms with Crippen molar-refractivity contribution in [2.75, 3.05) is 25.0 Å². The number of carbonyl (C=O) groups excluding carboxylic acids is 2. The van der Waals surface area contributed by atoms with Crippen molar-refractivity contribution in [3.05, 3.63) is 80.7 Å². The number of likely N-dealkylation sites (tertiary alicyclic amines) is 1. The maximum atomic E-state index is 15.5. The minimum Gasteiger partial charge on any atom is -0.481 e. The van der Waals surface area contributed by atoms with Gasteiger partial charge in [-0.3, -0.25) is 19.3 Å². The lowest BCUT2D eigenvalue weighted by molar-refractivity contribution is -0.137. The highest BCUT2D eigenvalue weighted by molar-refractivity contribution is 7.11. The third-order valence-electron chi connectivity index (χ3n) is 8.46. The minimum absolute atomic E-state index is 0.00369. The minimum atomic E-state index is -0.885. The van der Waals surface area contributed by atoms with Crippen molar-refractivity contribution in [2.24, 2.45) is 0 Å². The van der Waals surface area contributed by atoms with E-state index in [1.165, 1.54) is 23.7 Å². The third kappa shape index (κ3) is 6.95. The van der Waals surface area contributed by atoms with Gasteiger partial charge in [0.1, 0.15) is 22.7 Å². The van der Waals surface area contributed by atoms with E-state index in [1.54, 1.807) is 35.4 Å². The van der Waals surface area contributed by atoms with E-state index >= 15 is 4.39 Å². The van der Waals surface area contributed by atoms with Crippen molar-refractivity contribution >= 4 is 57.4 Å². The predicted octanol–water partition coefficient (Wildman–Crippen LogP) is 5.95. The second kappa shape index (κ2) is 13.5. The largest absolute Gasteiger partial charge is 0.481 e. The number of nitrogens with one attached hydrogen (secondary N) is 1. The summed E-state index contributed by atoms with van der Waals surface area (Å²) in [6.07, 6.45) is 3.89. The van der Waals surface area contributed by atoms with Crippen LogP contribution in [0.4, 0.5) is 10.1 Å². The Balaban J connectivity index is 1.20. The van der Waals surface area contributed by atoms with E-state index in [4.69, 9.17) is 25.9 Å².